The first-order valence-corrected chi connectivity index (χ1v) is 9.04. The van der Waals surface area contributed by atoms with Crippen LogP contribution >= 0.6 is 0 Å². The Morgan fingerprint density at radius 2 is 1.56 bits per heavy atom. The molecule has 4 N–H and O–H groups in total. The van der Waals surface area contributed by atoms with Crippen LogP contribution < -0.4 is 16.2 Å². The van der Waals surface area contributed by atoms with Gasteiger partial charge in [-0.25, -0.2) is 0 Å². The van der Waals surface area contributed by atoms with Gasteiger partial charge in [0.2, 0.25) is 0 Å². The summed E-state index contributed by atoms with van der Waals surface area (Å²) in [5, 5.41) is 1.06. The number of hydrogen-bond acceptors (Lipinski definition) is 3. The van der Waals surface area contributed by atoms with Crippen molar-refractivity contribution >= 4 is 22.3 Å². The average molecular weight is 357 g/mol. The molecule has 4 aromatic rings. The van der Waals surface area contributed by atoms with Gasteiger partial charge in [-0.1, -0.05) is 30.3 Å². The molecule has 0 unspecified atom stereocenters. The van der Waals surface area contributed by atoms with Gasteiger partial charge in [-0.05, 0) is 54.4 Å². The molecule has 1 aromatic heterocycles. The maximum Gasteiger partial charge on any atom is 0.119 e. The molecule has 1 heterocycles. The van der Waals surface area contributed by atoms with Gasteiger partial charge >= 0.3 is 0 Å². The van der Waals surface area contributed by atoms with Crippen molar-refractivity contribution in [3.63, 3.8) is 0 Å². The highest BCUT2D eigenvalue weighted by atomic mass is 16.5. The summed E-state index contributed by atoms with van der Waals surface area (Å²) in [6.07, 6.45) is 0. The lowest BCUT2D eigenvalue weighted by Gasteiger charge is -2.09. The van der Waals surface area contributed by atoms with Gasteiger partial charge < -0.3 is 20.8 Å². The number of aromatic nitrogens is 1. The van der Waals surface area contributed by atoms with E-state index in [1.807, 2.05) is 42.5 Å². The summed E-state index contributed by atoms with van der Waals surface area (Å²) in [6.45, 7) is 2.97. The van der Waals surface area contributed by atoms with Crippen LogP contribution in [0.15, 0.2) is 66.7 Å². The van der Waals surface area contributed by atoms with Gasteiger partial charge in [-0.3, -0.25) is 0 Å². The fourth-order valence-electron chi connectivity index (χ4n) is 3.64. The van der Waals surface area contributed by atoms with Crippen LogP contribution in [0.1, 0.15) is 6.92 Å². The zero-order valence-electron chi connectivity index (χ0n) is 15.6. The Labute approximate surface area is 159 Å². The van der Waals surface area contributed by atoms with E-state index in [2.05, 4.69) is 35.8 Å². The molecule has 0 atom stereocenters. The van der Waals surface area contributed by atoms with Crippen molar-refractivity contribution in [2.24, 2.45) is 0 Å². The topological polar surface area (TPSA) is 66.2 Å². The molecule has 3 aromatic carbocycles. The maximum absolute atomic E-state index is 6.61. The minimum atomic E-state index is 0.747. The third-order valence-corrected chi connectivity index (χ3v) is 5.01. The predicted molar refractivity (Wildman–Crippen MR) is 114 cm³/mol. The molecule has 136 valence electrons. The highest BCUT2D eigenvalue weighted by molar-refractivity contribution is 6.02. The minimum absolute atomic E-state index is 0.747. The van der Waals surface area contributed by atoms with Crippen molar-refractivity contribution in [3.8, 4) is 28.1 Å². The van der Waals surface area contributed by atoms with Crippen LogP contribution in [0.25, 0.3) is 33.3 Å². The van der Waals surface area contributed by atoms with Crippen LogP contribution in [0, 0.1) is 0 Å². The molecule has 27 heavy (non-hydrogen) atoms. The van der Waals surface area contributed by atoms with Crippen molar-refractivity contribution in [2.45, 2.75) is 13.5 Å². The molecule has 0 bridgehead atoms. The van der Waals surface area contributed by atoms with Crippen LogP contribution in [0.2, 0.25) is 0 Å². The molecule has 0 saturated heterocycles. The predicted octanol–water partition coefficient (Wildman–Crippen LogP) is 5.17. The van der Waals surface area contributed by atoms with Crippen LogP contribution in [-0.2, 0) is 6.54 Å². The first-order valence-electron chi connectivity index (χ1n) is 9.04. The van der Waals surface area contributed by atoms with E-state index in [1.165, 1.54) is 0 Å². The average Bonchev–Trinajstić information content (AvgIpc) is 3.00. The van der Waals surface area contributed by atoms with Crippen molar-refractivity contribution in [1.29, 1.82) is 0 Å². The first kappa shape index (κ1) is 17.0. The maximum atomic E-state index is 6.61. The Morgan fingerprint density at radius 1 is 0.852 bits per heavy atom. The normalized spacial score (nSPS) is 11.0. The van der Waals surface area contributed by atoms with E-state index in [0.29, 0.717) is 0 Å². The number of benzene rings is 3. The van der Waals surface area contributed by atoms with Gasteiger partial charge in [-0.2, -0.15) is 0 Å². The fourth-order valence-corrected chi connectivity index (χ4v) is 3.64. The van der Waals surface area contributed by atoms with Gasteiger partial charge in [0.15, 0.2) is 0 Å². The number of methoxy groups -OCH3 is 1. The number of aryl methyl sites for hydroxylation is 1. The van der Waals surface area contributed by atoms with Crippen molar-refractivity contribution in [2.75, 3.05) is 18.6 Å². The molecule has 0 aliphatic rings. The first-order chi connectivity index (χ1) is 13.1. The Kier molecular flexibility index (Phi) is 4.24. The number of anilines is 2. The molecule has 4 rings (SSSR count). The molecule has 0 amide bonds. The van der Waals surface area contributed by atoms with Crippen LogP contribution in [-0.4, -0.2) is 11.7 Å². The summed E-state index contributed by atoms with van der Waals surface area (Å²) in [6, 6.07) is 22.4. The monoisotopic (exact) mass is 357 g/mol. The summed E-state index contributed by atoms with van der Waals surface area (Å²) < 4.78 is 7.61. The molecule has 4 heteroatoms. The highest BCUT2D eigenvalue weighted by Gasteiger charge is 2.16. The zero-order valence-corrected chi connectivity index (χ0v) is 15.6. The molecule has 0 radical (unpaired) electrons. The third-order valence-electron chi connectivity index (χ3n) is 5.01. The van der Waals surface area contributed by atoms with E-state index < -0.39 is 0 Å². The minimum Gasteiger partial charge on any atom is -0.497 e. The van der Waals surface area contributed by atoms with Crippen molar-refractivity contribution in [1.82, 2.24) is 4.57 Å². The highest BCUT2D eigenvalue weighted by Crippen LogP contribution is 2.38. The molecule has 4 nitrogen and oxygen atoms in total. The van der Waals surface area contributed by atoms with E-state index in [4.69, 9.17) is 16.2 Å². The SMILES string of the molecule is CCn1c(-c2ccc(N)cc2)c(N)c2cc(-c3cccc(OC)c3)ccc21. The van der Waals surface area contributed by atoms with Gasteiger partial charge in [0, 0.05) is 23.2 Å². The summed E-state index contributed by atoms with van der Waals surface area (Å²) in [5.74, 6) is 0.842. The molecule has 0 saturated carbocycles. The lowest BCUT2D eigenvalue weighted by atomic mass is 10.0. The lowest BCUT2D eigenvalue weighted by Crippen LogP contribution is -1.98. The molecule has 0 spiro atoms. The number of rotatable bonds is 4. The van der Waals surface area contributed by atoms with E-state index in [0.717, 1.165) is 57.0 Å². The lowest BCUT2D eigenvalue weighted by molar-refractivity contribution is 0.415. The Balaban J connectivity index is 1.91. The second-order valence-corrected chi connectivity index (χ2v) is 6.59. The quantitative estimate of drug-likeness (QED) is 0.495. The fraction of sp³-hybridized carbons (Fsp3) is 0.130. The Hall–Kier alpha value is -3.40. The molecular formula is C23H23N3O. The van der Waals surface area contributed by atoms with Crippen LogP contribution in [0.4, 0.5) is 11.4 Å². The van der Waals surface area contributed by atoms with E-state index in [-0.39, 0.29) is 0 Å². The number of hydrogen-bond donors (Lipinski definition) is 2. The standard InChI is InChI=1S/C23H23N3O/c1-3-26-21-12-9-17(16-5-4-6-19(13-16)27-2)14-20(21)22(25)23(26)15-7-10-18(24)11-8-15/h4-14H,3,24-25H2,1-2H3. The number of nitrogens with two attached hydrogens (primary N) is 2. The smallest absolute Gasteiger partial charge is 0.119 e. The van der Waals surface area contributed by atoms with Crippen molar-refractivity contribution in [3.05, 3.63) is 66.7 Å². The van der Waals surface area contributed by atoms with Gasteiger partial charge in [0.25, 0.3) is 0 Å². The molecule has 0 aliphatic heterocycles. The van der Waals surface area contributed by atoms with Crippen LogP contribution in [0.3, 0.4) is 0 Å². The van der Waals surface area contributed by atoms with Crippen LogP contribution in [0.5, 0.6) is 5.75 Å². The van der Waals surface area contributed by atoms with Crippen molar-refractivity contribution < 1.29 is 4.74 Å². The summed E-state index contributed by atoms with van der Waals surface area (Å²) in [7, 11) is 1.68. The second kappa shape index (κ2) is 6.72. The van der Waals surface area contributed by atoms with Gasteiger partial charge in [0.05, 0.1) is 24.0 Å². The molecule has 0 aliphatic carbocycles. The summed E-state index contributed by atoms with van der Waals surface area (Å²) in [5.41, 5.74) is 19.5. The number of nitrogen functional groups attached to an aromatic ring is 2. The van der Waals surface area contributed by atoms with Gasteiger partial charge in [-0.15, -0.1) is 0 Å². The second-order valence-electron chi connectivity index (χ2n) is 6.59. The number of nitrogens with zero attached hydrogens (tertiary/aromatic N) is 1. The largest absolute Gasteiger partial charge is 0.497 e. The molecular weight excluding hydrogens is 334 g/mol. The van der Waals surface area contributed by atoms with E-state index in [1.54, 1.807) is 7.11 Å². The summed E-state index contributed by atoms with van der Waals surface area (Å²) in [4.78, 5) is 0. The summed E-state index contributed by atoms with van der Waals surface area (Å²) >= 11 is 0. The third kappa shape index (κ3) is 2.89. The zero-order chi connectivity index (χ0) is 19.0. The molecule has 0 fully saturated rings. The number of fused-ring (bicyclic) bond motifs is 1. The Morgan fingerprint density at radius 3 is 2.26 bits per heavy atom. The van der Waals surface area contributed by atoms with Gasteiger partial charge in [0.1, 0.15) is 5.75 Å². The van der Waals surface area contributed by atoms with E-state index in [9.17, 15) is 0 Å². The van der Waals surface area contributed by atoms with E-state index >= 15 is 0 Å². The Bertz CT molecular complexity index is 1110. The number of ether oxygens (including phenoxy) is 1.